The van der Waals surface area contributed by atoms with Gasteiger partial charge in [0.25, 0.3) is 0 Å². The summed E-state index contributed by atoms with van der Waals surface area (Å²) in [6, 6.07) is 9.20. The molecule has 0 bridgehead atoms. The van der Waals surface area contributed by atoms with Crippen LogP contribution in [0.2, 0.25) is 0 Å². The first-order valence-corrected chi connectivity index (χ1v) is 6.83. The Morgan fingerprint density at radius 2 is 1.95 bits per heavy atom. The molecule has 3 nitrogen and oxygen atoms in total. The summed E-state index contributed by atoms with van der Waals surface area (Å²) in [5.41, 5.74) is 1.19. The third-order valence-electron chi connectivity index (χ3n) is 3.05. The molecule has 0 unspecified atom stereocenters. The zero-order valence-corrected chi connectivity index (χ0v) is 12.0. The van der Waals surface area contributed by atoms with Crippen molar-refractivity contribution in [1.82, 2.24) is 4.98 Å². The average Bonchev–Trinajstić information content (AvgIpc) is 2.90. The maximum Gasteiger partial charge on any atom is 0.451 e. The quantitative estimate of drug-likeness (QED) is 0.901. The van der Waals surface area contributed by atoms with Gasteiger partial charge in [-0.2, -0.15) is 13.2 Å². The van der Waals surface area contributed by atoms with E-state index in [-0.39, 0.29) is 31.0 Å². The van der Waals surface area contributed by atoms with Crippen LogP contribution < -0.4 is 0 Å². The maximum absolute atomic E-state index is 13.0. The minimum absolute atomic E-state index is 0.0213. The number of aliphatic hydroxyl groups is 1. The monoisotopic (exact) mass is 311 g/mol. The van der Waals surface area contributed by atoms with E-state index < -0.39 is 11.9 Å². The molecule has 2 rings (SSSR count). The van der Waals surface area contributed by atoms with Gasteiger partial charge in [-0.3, -0.25) is 0 Å². The Morgan fingerprint density at radius 1 is 1.27 bits per heavy atom. The lowest BCUT2D eigenvalue weighted by Gasteiger charge is -2.03. The number of allylic oxidation sites excluding steroid dienone is 1. The van der Waals surface area contributed by atoms with Crippen LogP contribution in [0.15, 0.2) is 34.7 Å². The fourth-order valence-corrected chi connectivity index (χ4v) is 2.02. The van der Waals surface area contributed by atoms with E-state index in [4.69, 9.17) is 9.52 Å². The molecule has 1 aromatic carbocycles. The highest BCUT2D eigenvalue weighted by Crippen LogP contribution is 2.34. The Balaban J connectivity index is 2.35. The van der Waals surface area contributed by atoms with Crippen molar-refractivity contribution in [2.45, 2.75) is 25.9 Å². The normalized spacial score (nSPS) is 12.7. The van der Waals surface area contributed by atoms with Gasteiger partial charge in [0, 0.05) is 12.2 Å². The molecule has 0 fully saturated rings. The number of hydrogen-bond donors (Lipinski definition) is 1. The Bertz CT molecular complexity index is 645. The summed E-state index contributed by atoms with van der Waals surface area (Å²) in [5, 5.41) is 8.78. The van der Waals surface area contributed by atoms with Crippen LogP contribution in [0.1, 0.15) is 36.3 Å². The molecular formula is C16H16F3NO2. The van der Waals surface area contributed by atoms with Gasteiger partial charge < -0.3 is 9.52 Å². The van der Waals surface area contributed by atoms with E-state index in [1.165, 1.54) is 0 Å². The Hall–Kier alpha value is -2.08. The largest absolute Gasteiger partial charge is 0.451 e. The van der Waals surface area contributed by atoms with Crippen LogP contribution in [-0.4, -0.2) is 16.7 Å². The average molecular weight is 311 g/mol. The Kier molecular flexibility index (Phi) is 5.03. The third-order valence-corrected chi connectivity index (χ3v) is 3.05. The topological polar surface area (TPSA) is 46.3 Å². The first kappa shape index (κ1) is 16.3. The molecule has 0 aliphatic heterocycles. The molecule has 6 heteroatoms. The Labute approximate surface area is 126 Å². The van der Waals surface area contributed by atoms with Crippen molar-refractivity contribution in [3.63, 3.8) is 0 Å². The number of oxazole rings is 1. The van der Waals surface area contributed by atoms with E-state index >= 15 is 0 Å². The fourth-order valence-electron chi connectivity index (χ4n) is 2.02. The molecule has 1 N–H and O–H groups in total. The first-order valence-electron chi connectivity index (χ1n) is 6.83. The second-order valence-electron chi connectivity index (χ2n) is 4.86. The van der Waals surface area contributed by atoms with Crippen LogP contribution in [0, 0.1) is 0 Å². The number of hydrogen-bond acceptors (Lipinski definition) is 3. The highest BCUT2D eigenvalue weighted by atomic mass is 19.4. The van der Waals surface area contributed by atoms with E-state index in [1.807, 2.05) is 30.3 Å². The molecule has 0 aliphatic rings. The number of alkyl halides is 3. The molecular weight excluding hydrogens is 295 g/mol. The summed E-state index contributed by atoms with van der Waals surface area (Å²) in [5.74, 6) is -1.14. The number of aromatic nitrogens is 1. The zero-order chi connectivity index (χ0) is 16.2. The van der Waals surface area contributed by atoms with Crippen molar-refractivity contribution < 1.29 is 22.7 Å². The van der Waals surface area contributed by atoms with Gasteiger partial charge in [0.05, 0.1) is 5.69 Å². The van der Waals surface area contributed by atoms with Gasteiger partial charge in [0.1, 0.15) is 0 Å². The second-order valence-corrected chi connectivity index (χ2v) is 4.86. The third kappa shape index (κ3) is 3.98. The van der Waals surface area contributed by atoms with Crippen molar-refractivity contribution in [3.05, 3.63) is 53.2 Å². The van der Waals surface area contributed by atoms with Gasteiger partial charge in [-0.05, 0) is 31.4 Å². The number of halogens is 3. The summed E-state index contributed by atoms with van der Waals surface area (Å²) < 4.78 is 43.8. The summed E-state index contributed by atoms with van der Waals surface area (Å²) >= 11 is 0. The van der Waals surface area contributed by atoms with Crippen molar-refractivity contribution in [2.75, 3.05) is 6.61 Å². The van der Waals surface area contributed by atoms with Gasteiger partial charge >= 0.3 is 6.18 Å². The van der Waals surface area contributed by atoms with Crippen LogP contribution in [0.25, 0.3) is 11.6 Å². The van der Waals surface area contributed by atoms with E-state index in [9.17, 15) is 13.2 Å². The fraction of sp³-hybridized carbons (Fsp3) is 0.312. The van der Waals surface area contributed by atoms with Gasteiger partial charge in [0.2, 0.25) is 11.7 Å². The number of rotatable bonds is 5. The second kappa shape index (κ2) is 6.79. The number of aliphatic hydroxyl groups excluding tert-OH is 1. The summed E-state index contributed by atoms with van der Waals surface area (Å²) in [7, 11) is 0. The van der Waals surface area contributed by atoms with Crippen LogP contribution in [0.4, 0.5) is 13.2 Å². The van der Waals surface area contributed by atoms with Gasteiger partial charge in [-0.1, -0.05) is 30.3 Å². The predicted octanol–water partition coefficient (Wildman–Crippen LogP) is 4.18. The molecule has 0 amide bonds. The van der Waals surface area contributed by atoms with E-state index in [0.717, 1.165) is 5.56 Å². The minimum atomic E-state index is -4.59. The number of nitrogens with zero attached hydrogens (tertiary/aromatic N) is 1. The molecule has 0 saturated heterocycles. The number of aryl methyl sites for hydroxylation is 1. The molecule has 0 aliphatic carbocycles. The van der Waals surface area contributed by atoms with Crippen LogP contribution >= 0.6 is 0 Å². The molecule has 1 heterocycles. The lowest BCUT2D eigenvalue weighted by atomic mass is 10.1. The predicted molar refractivity (Wildman–Crippen MR) is 76.9 cm³/mol. The molecule has 118 valence electrons. The summed E-state index contributed by atoms with van der Waals surface area (Å²) in [6.07, 6.45) is -2.66. The maximum atomic E-state index is 13.0. The SMILES string of the molecule is C/C(=C\c1ccccc1)c1nc(CCCO)c(C(F)(F)F)o1. The lowest BCUT2D eigenvalue weighted by Crippen LogP contribution is -2.07. The molecule has 0 spiro atoms. The molecule has 2 aromatic rings. The standard InChI is InChI=1S/C16H16F3NO2/c1-11(10-12-6-3-2-4-7-12)15-20-13(8-5-9-21)14(22-15)16(17,18)19/h2-4,6-7,10,21H,5,8-9H2,1H3/b11-10+. The molecule has 0 atom stereocenters. The molecule has 0 saturated carbocycles. The molecule has 0 radical (unpaired) electrons. The first-order chi connectivity index (χ1) is 10.4. The van der Waals surface area contributed by atoms with Crippen LogP contribution in [-0.2, 0) is 12.6 Å². The summed E-state index contributed by atoms with van der Waals surface area (Å²) in [4.78, 5) is 3.94. The highest BCUT2D eigenvalue weighted by molar-refractivity contribution is 5.76. The highest BCUT2D eigenvalue weighted by Gasteiger charge is 2.39. The van der Waals surface area contributed by atoms with E-state index in [0.29, 0.717) is 5.57 Å². The Morgan fingerprint density at radius 3 is 2.55 bits per heavy atom. The minimum Gasteiger partial charge on any atom is -0.432 e. The van der Waals surface area contributed by atoms with Crippen molar-refractivity contribution in [3.8, 4) is 0 Å². The summed E-state index contributed by atoms with van der Waals surface area (Å²) in [6.45, 7) is 1.45. The lowest BCUT2D eigenvalue weighted by molar-refractivity contribution is -0.153. The molecule has 1 aromatic heterocycles. The van der Waals surface area contributed by atoms with Gasteiger partial charge in [-0.15, -0.1) is 0 Å². The van der Waals surface area contributed by atoms with Gasteiger partial charge in [0.15, 0.2) is 0 Å². The van der Waals surface area contributed by atoms with Crippen molar-refractivity contribution in [2.24, 2.45) is 0 Å². The van der Waals surface area contributed by atoms with Crippen LogP contribution in [0.5, 0.6) is 0 Å². The van der Waals surface area contributed by atoms with Crippen LogP contribution in [0.3, 0.4) is 0 Å². The number of benzene rings is 1. The van der Waals surface area contributed by atoms with Crippen molar-refractivity contribution >= 4 is 11.6 Å². The van der Waals surface area contributed by atoms with Gasteiger partial charge in [-0.25, -0.2) is 4.98 Å². The molecule has 22 heavy (non-hydrogen) atoms. The van der Waals surface area contributed by atoms with Crippen molar-refractivity contribution in [1.29, 1.82) is 0 Å². The zero-order valence-electron chi connectivity index (χ0n) is 12.0. The van der Waals surface area contributed by atoms with E-state index in [1.54, 1.807) is 13.0 Å². The smallest absolute Gasteiger partial charge is 0.432 e. The van der Waals surface area contributed by atoms with E-state index in [2.05, 4.69) is 4.98 Å².